The average Bonchev–Trinajstić information content (AvgIpc) is 3.12. The summed E-state index contributed by atoms with van der Waals surface area (Å²) >= 11 is 0. The summed E-state index contributed by atoms with van der Waals surface area (Å²) in [5, 5.41) is 3.04. The van der Waals surface area contributed by atoms with Crippen molar-refractivity contribution in [3.05, 3.63) is 82.9 Å². The standard InChI is InChI=1S/C42H56N2O8/c1-29-11-9-12-37(48-6)40(29)50-26-8-7-25-49-33-19-16-30(17-20-33)34-22-23-44(41(46)52-42(2,3)4)28-38(34)51-36(13-10-24-47-5)32-15-14-31-18-21-39(45)43-35(31)27-32/h9,11-12,14-17,19-20,27,34,36,38H,7-8,10,13,18,21-26,28H2,1-6H3,(H,43,45). The van der Waals surface area contributed by atoms with Crippen molar-refractivity contribution in [1.82, 2.24) is 4.90 Å². The summed E-state index contributed by atoms with van der Waals surface area (Å²) in [4.78, 5) is 27.2. The third-order valence-electron chi connectivity index (χ3n) is 9.52. The van der Waals surface area contributed by atoms with E-state index in [0.29, 0.717) is 39.3 Å². The SMILES string of the molecule is COCCCC(OC1CN(C(=O)OC(C)(C)C)CCC1c1ccc(OCCCCOc2c(C)cccc2OC)cc1)c1ccc2c(c1)NC(=O)CC2. The molecule has 3 aromatic rings. The molecule has 0 saturated carbocycles. The van der Waals surface area contributed by atoms with Crippen molar-refractivity contribution in [1.29, 1.82) is 0 Å². The Kier molecular flexibility index (Phi) is 13.8. The molecular weight excluding hydrogens is 660 g/mol. The van der Waals surface area contributed by atoms with Crippen LogP contribution in [0.4, 0.5) is 10.5 Å². The zero-order chi connectivity index (χ0) is 37.1. The number of hydrogen-bond acceptors (Lipinski definition) is 8. The minimum atomic E-state index is -0.599. The van der Waals surface area contributed by atoms with Crippen LogP contribution in [0.2, 0.25) is 0 Å². The second-order valence-corrected chi connectivity index (χ2v) is 14.7. The predicted molar refractivity (Wildman–Crippen MR) is 202 cm³/mol. The highest BCUT2D eigenvalue weighted by molar-refractivity contribution is 5.94. The minimum Gasteiger partial charge on any atom is -0.494 e. The number of fused-ring (bicyclic) bond motifs is 1. The minimum absolute atomic E-state index is 0.0301. The van der Waals surface area contributed by atoms with Crippen LogP contribution in [-0.4, -0.2) is 75.7 Å². The summed E-state index contributed by atoms with van der Waals surface area (Å²) in [7, 11) is 3.35. The number of aryl methyl sites for hydroxylation is 2. The van der Waals surface area contributed by atoms with Crippen LogP contribution >= 0.6 is 0 Å². The molecule has 1 N–H and O–H groups in total. The zero-order valence-electron chi connectivity index (χ0n) is 31.7. The van der Waals surface area contributed by atoms with Gasteiger partial charge in [-0.05, 0) is 113 Å². The summed E-state index contributed by atoms with van der Waals surface area (Å²) in [6, 6.07) is 20.4. The van der Waals surface area contributed by atoms with Gasteiger partial charge in [-0.25, -0.2) is 4.79 Å². The van der Waals surface area contributed by atoms with Gasteiger partial charge >= 0.3 is 6.09 Å². The number of carbonyl (C=O) groups is 2. The summed E-state index contributed by atoms with van der Waals surface area (Å²) in [6.45, 7) is 10.4. The van der Waals surface area contributed by atoms with Crippen LogP contribution in [0.15, 0.2) is 60.7 Å². The lowest BCUT2D eigenvalue weighted by molar-refractivity contribution is -0.116. The molecule has 0 aromatic heterocycles. The number of likely N-dealkylation sites (tertiary alicyclic amines) is 1. The Morgan fingerprint density at radius 2 is 1.71 bits per heavy atom. The number of nitrogens with zero attached hydrogens (tertiary/aromatic N) is 1. The van der Waals surface area contributed by atoms with E-state index in [4.69, 9.17) is 28.4 Å². The van der Waals surface area contributed by atoms with Crippen molar-refractivity contribution < 1.29 is 38.0 Å². The van der Waals surface area contributed by atoms with Crippen LogP contribution in [-0.2, 0) is 25.4 Å². The van der Waals surface area contributed by atoms with E-state index in [-0.39, 0.29) is 30.1 Å². The van der Waals surface area contributed by atoms with Gasteiger partial charge in [0.1, 0.15) is 11.4 Å². The molecule has 2 amide bonds. The molecule has 5 rings (SSSR count). The highest BCUT2D eigenvalue weighted by Crippen LogP contribution is 2.38. The normalized spacial score (nSPS) is 17.9. The smallest absolute Gasteiger partial charge is 0.410 e. The Morgan fingerprint density at radius 3 is 2.44 bits per heavy atom. The number of carbonyl (C=O) groups excluding carboxylic acids is 2. The van der Waals surface area contributed by atoms with Crippen LogP contribution in [0.1, 0.15) is 93.6 Å². The molecule has 0 radical (unpaired) electrons. The summed E-state index contributed by atoms with van der Waals surface area (Å²) in [5.41, 5.74) is 4.56. The van der Waals surface area contributed by atoms with E-state index < -0.39 is 5.60 Å². The first-order chi connectivity index (χ1) is 25.0. The van der Waals surface area contributed by atoms with E-state index in [9.17, 15) is 9.59 Å². The number of methoxy groups -OCH3 is 2. The Balaban J connectivity index is 1.26. The first-order valence-electron chi connectivity index (χ1n) is 18.6. The lowest BCUT2D eigenvalue weighted by Crippen LogP contribution is -2.48. The third-order valence-corrected chi connectivity index (χ3v) is 9.52. The summed E-state index contributed by atoms with van der Waals surface area (Å²) < 4.78 is 35.7. The van der Waals surface area contributed by atoms with Gasteiger partial charge in [-0.3, -0.25) is 4.79 Å². The summed E-state index contributed by atoms with van der Waals surface area (Å²) in [6.07, 6.45) is 4.29. The van der Waals surface area contributed by atoms with Gasteiger partial charge in [0.15, 0.2) is 11.5 Å². The van der Waals surface area contributed by atoms with Gasteiger partial charge in [-0.1, -0.05) is 36.4 Å². The van der Waals surface area contributed by atoms with Crippen molar-refractivity contribution >= 4 is 17.7 Å². The molecule has 2 aliphatic heterocycles. The number of piperidine rings is 1. The molecule has 282 valence electrons. The predicted octanol–water partition coefficient (Wildman–Crippen LogP) is 8.40. The second-order valence-electron chi connectivity index (χ2n) is 14.7. The number of nitrogens with one attached hydrogen (secondary N) is 1. The molecule has 10 heteroatoms. The molecule has 3 unspecified atom stereocenters. The maximum Gasteiger partial charge on any atom is 0.410 e. The largest absolute Gasteiger partial charge is 0.494 e. The van der Waals surface area contributed by atoms with E-state index >= 15 is 0 Å². The van der Waals surface area contributed by atoms with E-state index in [2.05, 4.69) is 29.6 Å². The number of hydrogen-bond donors (Lipinski definition) is 1. The van der Waals surface area contributed by atoms with Gasteiger partial charge in [-0.15, -0.1) is 0 Å². The number of amides is 2. The molecule has 0 aliphatic carbocycles. The van der Waals surface area contributed by atoms with Crippen molar-refractivity contribution in [3.8, 4) is 17.2 Å². The molecule has 1 saturated heterocycles. The molecule has 10 nitrogen and oxygen atoms in total. The van der Waals surface area contributed by atoms with Gasteiger partial charge in [0.2, 0.25) is 5.91 Å². The first kappa shape index (κ1) is 38.9. The van der Waals surface area contributed by atoms with Crippen LogP contribution in [0.3, 0.4) is 0 Å². The van der Waals surface area contributed by atoms with Crippen molar-refractivity contribution in [3.63, 3.8) is 0 Å². The van der Waals surface area contributed by atoms with Crippen LogP contribution in [0.5, 0.6) is 17.2 Å². The average molecular weight is 717 g/mol. The third kappa shape index (κ3) is 10.9. The highest BCUT2D eigenvalue weighted by Gasteiger charge is 2.37. The van der Waals surface area contributed by atoms with Gasteiger partial charge < -0.3 is 38.6 Å². The highest BCUT2D eigenvalue weighted by atomic mass is 16.6. The molecule has 52 heavy (non-hydrogen) atoms. The lowest BCUT2D eigenvalue weighted by Gasteiger charge is -2.40. The van der Waals surface area contributed by atoms with Crippen LogP contribution in [0, 0.1) is 6.92 Å². The number of ether oxygens (including phenoxy) is 6. The monoisotopic (exact) mass is 716 g/mol. The van der Waals surface area contributed by atoms with E-state index in [1.54, 1.807) is 19.1 Å². The molecule has 0 bridgehead atoms. The number of benzene rings is 3. The number of anilines is 1. The van der Waals surface area contributed by atoms with E-state index in [1.807, 2.05) is 64.1 Å². The topological polar surface area (TPSA) is 105 Å². The molecule has 0 spiro atoms. The molecular formula is C42H56N2O8. The van der Waals surface area contributed by atoms with Gasteiger partial charge in [0.25, 0.3) is 0 Å². The summed E-state index contributed by atoms with van der Waals surface area (Å²) in [5.74, 6) is 2.42. The number of para-hydroxylation sites is 1. The molecule has 3 atom stereocenters. The maximum absolute atomic E-state index is 13.2. The first-order valence-corrected chi connectivity index (χ1v) is 18.6. The van der Waals surface area contributed by atoms with Gasteiger partial charge in [-0.2, -0.15) is 0 Å². The van der Waals surface area contributed by atoms with Crippen LogP contribution in [0.25, 0.3) is 0 Å². The Hall–Kier alpha value is -4.28. The Bertz CT molecular complexity index is 1620. The number of unbranched alkanes of at least 4 members (excludes halogenated alkanes) is 1. The lowest BCUT2D eigenvalue weighted by atomic mass is 9.86. The fraction of sp³-hybridized carbons (Fsp3) is 0.524. The van der Waals surface area contributed by atoms with Crippen molar-refractivity contribution in [2.45, 2.75) is 96.4 Å². The number of rotatable bonds is 16. The molecule has 1 fully saturated rings. The molecule has 2 heterocycles. The molecule has 3 aromatic carbocycles. The van der Waals surface area contributed by atoms with Crippen LogP contribution < -0.4 is 19.5 Å². The quantitative estimate of drug-likeness (QED) is 0.148. The second kappa shape index (κ2) is 18.5. The van der Waals surface area contributed by atoms with Gasteiger partial charge in [0, 0.05) is 38.3 Å². The van der Waals surface area contributed by atoms with Crippen molar-refractivity contribution in [2.24, 2.45) is 0 Å². The Labute approximate surface area is 309 Å². The van der Waals surface area contributed by atoms with Gasteiger partial charge in [0.05, 0.1) is 39.1 Å². The molecule has 2 aliphatic rings. The zero-order valence-corrected chi connectivity index (χ0v) is 31.7. The van der Waals surface area contributed by atoms with E-state index in [1.165, 1.54) is 0 Å². The Morgan fingerprint density at radius 1 is 0.942 bits per heavy atom. The van der Waals surface area contributed by atoms with Crippen molar-refractivity contribution in [2.75, 3.05) is 52.4 Å². The van der Waals surface area contributed by atoms with E-state index in [0.717, 1.165) is 83.7 Å². The maximum atomic E-state index is 13.2. The fourth-order valence-electron chi connectivity index (χ4n) is 6.81. The fourth-order valence-corrected chi connectivity index (χ4v) is 6.81.